The first-order valence-corrected chi connectivity index (χ1v) is 5.36. The molecule has 88 valence electrons. The number of carbonyl (C=O) groups is 1. The molecule has 0 aliphatic carbocycles. The van der Waals surface area contributed by atoms with E-state index >= 15 is 0 Å². The lowest BCUT2D eigenvalue weighted by Crippen LogP contribution is -2.32. The van der Waals surface area contributed by atoms with E-state index in [0.717, 1.165) is 5.75 Å². The van der Waals surface area contributed by atoms with Gasteiger partial charge in [0.05, 0.1) is 6.61 Å². The average Bonchev–Trinajstić information content (AvgIpc) is 2.26. The molecule has 4 heteroatoms. The first kappa shape index (κ1) is 12.4. The summed E-state index contributed by atoms with van der Waals surface area (Å²) in [5, 5.41) is 0. The van der Waals surface area contributed by atoms with Gasteiger partial charge in [0, 0.05) is 6.07 Å². The number of primary amides is 1. The van der Waals surface area contributed by atoms with Crippen molar-refractivity contribution in [2.24, 2.45) is 5.73 Å². The van der Waals surface area contributed by atoms with Crippen molar-refractivity contribution in [2.75, 3.05) is 6.61 Å². The summed E-state index contributed by atoms with van der Waals surface area (Å²) in [5.41, 5.74) is 5.20. The molecule has 0 saturated carbocycles. The summed E-state index contributed by atoms with van der Waals surface area (Å²) >= 11 is 0. The Morgan fingerprint density at radius 3 is 2.62 bits per heavy atom. The standard InChI is InChI=1S/C12H17NO3/c1-3-11(12(13)14)16-10-7-5-6-9(8-10)15-4-2/h5-8,11H,3-4H2,1-2H3,(H2,13,14). The molecule has 1 rings (SSSR count). The molecule has 0 aromatic heterocycles. The van der Waals surface area contributed by atoms with Gasteiger partial charge in [0.1, 0.15) is 11.5 Å². The fraction of sp³-hybridized carbons (Fsp3) is 0.417. The predicted molar refractivity (Wildman–Crippen MR) is 61.5 cm³/mol. The Morgan fingerprint density at radius 1 is 1.38 bits per heavy atom. The largest absolute Gasteiger partial charge is 0.494 e. The minimum Gasteiger partial charge on any atom is -0.494 e. The van der Waals surface area contributed by atoms with Crippen molar-refractivity contribution >= 4 is 5.91 Å². The van der Waals surface area contributed by atoms with Crippen molar-refractivity contribution in [2.45, 2.75) is 26.4 Å². The smallest absolute Gasteiger partial charge is 0.258 e. The van der Waals surface area contributed by atoms with Gasteiger partial charge < -0.3 is 15.2 Å². The number of carbonyl (C=O) groups excluding carboxylic acids is 1. The zero-order valence-electron chi connectivity index (χ0n) is 9.60. The first-order valence-electron chi connectivity index (χ1n) is 5.36. The highest BCUT2D eigenvalue weighted by Crippen LogP contribution is 2.20. The van der Waals surface area contributed by atoms with Gasteiger partial charge in [-0.1, -0.05) is 13.0 Å². The second kappa shape index (κ2) is 6.00. The van der Waals surface area contributed by atoms with E-state index in [2.05, 4.69) is 0 Å². The summed E-state index contributed by atoms with van der Waals surface area (Å²) in [7, 11) is 0. The summed E-state index contributed by atoms with van der Waals surface area (Å²) in [4.78, 5) is 11.0. The van der Waals surface area contributed by atoms with E-state index in [4.69, 9.17) is 15.2 Å². The van der Waals surface area contributed by atoms with Crippen LogP contribution in [0.2, 0.25) is 0 Å². The van der Waals surface area contributed by atoms with Crippen LogP contribution in [0.15, 0.2) is 24.3 Å². The lowest BCUT2D eigenvalue weighted by Gasteiger charge is -2.14. The van der Waals surface area contributed by atoms with Crippen molar-refractivity contribution in [3.8, 4) is 11.5 Å². The third-order valence-electron chi connectivity index (χ3n) is 2.08. The highest BCUT2D eigenvalue weighted by Gasteiger charge is 2.14. The summed E-state index contributed by atoms with van der Waals surface area (Å²) in [6.45, 7) is 4.35. The Morgan fingerprint density at radius 2 is 2.06 bits per heavy atom. The van der Waals surface area contributed by atoms with E-state index in [0.29, 0.717) is 18.8 Å². The molecule has 0 saturated heterocycles. The van der Waals surface area contributed by atoms with Crippen LogP contribution in [0.3, 0.4) is 0 Å². The van der Waals surface area contributed by atoms with Crippen molar-refractivity contribution in [1.82, 2.24) is 0 Å². The molecule has 1 unspecified atom stereocenters. The van der Waals surface area contributed by atoms with E-state index in [1.165, 1.54) is 0 Å². The molecule has 0 fully saturated rings. The molecule has 2 N–H and O–H groups in total. The lowest BCUT2D eigenvalue weighted by molar-refractivity contribution is -0.124. The lowest BCUT2D eigenvalue weighted by atomic mass is 10.2. The van der Waals surface area contributed by atoms with Gasteiger partial charge in [-0.2, -0.15) is 0 Å². The van der Waals surface area contributed by atoms with E-state index in [9.17, 15) is 4.79 Å². The van der Waals surface area contributed by atoms with Gasteiger partial charge in [-0.05, 0) is 25.5 Å². The van der Waals surface area contributed by atoms with Gasteiger partial charge >= 0.3 is 0 Å². The molecule has 0 heterocycles. The first-order chi connectivity index (χ1) is 7.67. The van der Waals surface area contributed by atoms with Gasteiger partial charge in [0.15, 0.2) is 6.10 Å². The van der Waals surface area contributed by atoms with Crippen LogP contribution in [0.5, 0.6) is 11.5 Å². The van der Waals surface area contributed by atoms with Crippen molar-refractivity contribution < 1.29 is 14.3 Å². The van der Waals surface area contributed by atoms with Gasteiger partial charge in [0.25, 0.3) is 5.91 Å². The van der Waals surface area contributed by atoms with E-state index in [1.807, 2.05) is 26.0 Å². The molecule has 4 nitrogen and oxygen atoms in total. The SMILES string of the molecule is CCOc1cccc(OC(CC)C(N)=O)c1. The van der Waals surface area contributed by atoms with E-state index < -0.39 is 12.0 Å². The van der Waals surface area contributed by atoms with E-state index in [-0.39, 0.29) is 0 Å². The molecule has 16 heavy (non-hydrogen) atoms. The molecular formula is C12H17NO3. The third kappa shape index (κ3) is 3.46. The number of benzene rings is 1. The molecular weight excluding hydrogens is 206 g/mol. The zero-order valence-corrected chi connectivity index (χ0v) is 9.60. The van der Waals surface area contributed by atoms with Gasteiger partial charge in [-0.25, -0.2) is 0 Å². The molecule has 0 spiro atoms. The van der Waals surface area contributed by atoms with Crippen LogP contribution in [0.4, 0.5) is 0 Å². The maximum Gasteiger partial charge on any atom is 0.258 e. The van der Waals surface area contributed by atoms with Crippen LogP contribution in [-0.4, -0.2) is 18.6 Å². The van der Waals surface area contributed by atoms with Crippen molar-refractivity contribution in [3.05, 3.63) is 24.3 Å². The highest BCUT2D eigenvalue weighted by molar-refractivity contribution is 5.79. The highest BCUT2D eigenvalue weighted by atomic mass is 16.5. The number of hydrogen-bond acceptors (Lipinski definition) is 3. The van der Waals surface area contributed by atoms with Crippen molar-refractivity contribution in [1.29, 1.82) is 0 Å². The molecule has 1 aromatic rings. The fourth-order valence-electron chi connectivity index (χ4n) is 1.31. The number of rotatable bonds is 6. The molecule has 1 atom stereocenters. The van der Waals surface area contributed by atoms with Crippen LogP contribution in [-0.2, 0) is 4.79 Å². The number of hydrogen-bond donors (Lipinski definition) is 1. The second-order valence-electron chi connectivity index (χ2n) is 3.32. The summed E-state index contributed by atoms with van der Waals surface area (Å²) in [5.74, 6) is 0.861. The Balaban J connectivity index is 2.72. The normalized spacial score (nSPS) is 11.9. The average molecular weight is 223 g/mol. The van der Waals surface area contributed by atoms with Gasteiger partial charge in [-0.15, -0.1) is 0 Å². The Kier molecular flexibility index (Phi) is 4.64. The zero-order chi connectivity index (χ0) is 12.0. The topological polar surface area (TPSA) is 61.6 Å². The van der Waals surface area contributed by atoms with Gasteiger partial charge in [-0.3, -0.25) is 4.79 Å². The molecule has 0 aliphatic heterocycles. The summed E-state index contributed by atoms with van der Waals surface area (Å²) < 4.78 is 10.8. The molecule has 1 amide bonds. The number of ether oxygens (including phenoxy) is 2. The van der Waals surface area contributed by atoms with Crippen LogP contribution in [0.1, 0.15) is 20.3 Å². The predicted octanol–water partition coefficient (Wildman–Crippen LogP) is 1.73. The monoisotopic (exact) mass is 223 g/mol. The molecule has 0 radical (unpaired) electrons. The summed E-state index contributed by atoms with van der Waals surface area (Å²) in [6.07, 6.45) is -0.0364. The maximum atomic E-state index is 11.0. The maximum absolute atomic E-state index is 11.0. The third-order valence-corrected chi connectivity index (χ3v) is 2.08. The number of nitrogens with two attached hydrogens (primary N) is 1. The fourth-order valence-corrected chi connectivity index (χ4v) is 1.31. The summed E-state index contributed by atoms with van der Waals surface area (Å²) in [6, 6.07) is 7.17. The van der Waals surface area contributed by atoms with Crippen LogP contribution in [0, 0.1) is 0 Å². The quantitative estimate of drug-likeness (QED) is 0.798. The Hall–Kier alpha value is -1.71. The van der Waals surface area contributed by atoms with Crippen molar-refractivity contribution in [3.63, 3.8) is 0 Å². The van der Waals surface area contributed by atoms with Crippen LogP contribution in [0.25, 0.3) is 0 Å². The Labute approximate surface area is 95.3 Å². The molecule has 0 bridgehead atoms. The molecule has 1 aromatic carbocycles. The second-order valence-corrected chi connectivity index (χ2v) is 3.32. The Bertz CT molecular complexity index is 352. The minimum absolute atomic E-state index is 0.454. The van der Waals surface area contributed by atoms with Crippen LogP contribution >= 0.6 is 0 Å². The van der Waals surface area contributed by atoms with E-state index in [1.54, 1.807) is 12.1 Å². The minimum atomic E-state index is -0.586. The van der Waals surface area contributed by atoms with Gasteiger partial charge in [0.2, 0.25) is 0 Å². The van der Waals surface area contributed by atoms with Crippen LogP contribution < -0.4 is 15.2 Å². The number of amides is 1. The molecule has 0 aliphatic rings.